The molecule has 0 aliphatic rings. The molecule has 0 radical (unpaired) electrons. The molecule has 0 spiro atoms. The summed E-state index contributed by atoms with van der Waals surface area (Å²) in [6.07, 6.45) is -1.77. The topological polar surface area (TPSA) is 95.1 Å². The average Bonchev–Trinajstić information content (AvgIpc) is 2.29. The molecule has 7 heteroatoms. The largest absolute Gasteiger partial charge is 0.444 e. The van der Waals surface area contributed by atoms with Gasteiger partial charge in [-0.2, -0.15) is 10.5 Å². The van der Waals surface area contributed by atoms with Crippen molar-refractivity contribution in [2.45, 2.75) is 77.4 Å². The number of alkyl carbamates (subject to hydrolysis) is 1. The Kier molecular flexibility index (Phi) is 6.62. The lowest BCUT2D eigenvalue weighted by Gasteiger charge is -2.38. The minimum atomic E-state index is -2.23. The zero-order valence-corrected chi connectivity index (χ0v) is 15.8. The number of nitriles is 2. The van der Waals surface area contributed by atoms with E-state index in [0.29, 0.717) is 0 Å². The van der Waals surface area contributed by atoms with E-state index < -0.39 is 32.2 Å². The van der Waals surface area contributed by atoms with Gasteiger partial charge in [0.25, 0.3) is 0 Å². The van der Waals surface area contributed by atoms with Crippen LogP contribution < -0.4 is 5.32 Å². The van der Waals surface area contributed by atoms with E-state index >= 15 is 0 Å². The van der Waals surface area contributed by atoms with Crippen LogP contribution >= 0.6 is 0 Å². The third-order valence-corrected chi connectivity index (χ3v) is 7.92. The van der Waals surface area contributed by atoms with Gasteiger partial charge in [0.1, 0.15) is 5.60 Å². The molecule has 1 unspecified atom stereocenters. The summed E-state index contributed by atoms with van der Waals surface area (Å²) in [4.78, 5) is 11.8. The van der Waals surface area contributed by atoms with Gasteiger partial charge in [-0.1, -0.05) is 20.8 Å². The molecule has 0 fully saturated rings. The Morgan fingerprint density at radius 2 is 1.59 bits per heavy atom. The molecule has 0 aromatic heterocycles. The van der Waals surface area contributed by atoms with Gasteiger partial charge in [0, 0.05) is 0 Å². The summed E-state index contributed by atoms with van der Waals surface area (Å²) in [5, 5.41) is 20.8. The first-order chi connectivity index (χ1) is 9.73. The molecule has 0 saturated carbocycles. The van der Waals surface area contributed by atoms with E-state index in [9.17, 15) is 15.3 Å². The van der Waals surface area contributed by atoms with Gasteiger partial charge in [-0.25, -0.2) is 4.79 Å². The minimum Gasteiger partial charge on any atom is -0.444 e. The second-order valence-corrected chi connectivity index (χ2v) is 12.4. The summed E-state index contributed by atoms with van der Waals surface area (Å²) in [5.41, 5.74) is -0.674. The van der Waals surface area contributed by atoms with Crippen LogP contribution in [0.2, 0.25) is 18.1 Å². The van der Waals surface area contributed by atoms with Gasteiger partial charge in [-0.3, -0.25) is 0 Å². The predicted molar refractivity (Wildman–Crippen MR) is 86.5 cm³/mol. The number of rotatable bonds is 4. The quantitative estimate of drug-likeness (QED) is 0.800. The lowest BCUT2D eigenvalue weighted by molar-refractivity contribution is 0.0487. The van der Waals surface area contributed by atoms with Crippen molar-refractivity contribution >= 4 is 14.4 Å². The lowest BCUT2D eigenvalue weighted by Crippen LogP contribution is -2.51. The summed E-state index contributed by atoms with van der Waals surface area (Å²) < 4.78 is 11.0. The van der Waals surface area contributed by atoms with Crippen molar-refractivity contribution in [3.8, 4) is 12.1 Å². The van der Waals surface area contributed by atoms with Crippen molar-refractivity contribution < 1.29 is 14.0 Å². The van der Waals surface area contributed by atoms with E-state index in [0.717, 1.165) is 0 Å². The maximum absolute atomic E-state index is 11.8. The van der Waals surface area contributed by atoms with E-state index in [4.69, 9.17) is 9.16 Å². The van der Waals surface area contributed by atoms with Gasteiger partial charge < -0.3 is 14.5 Å². The van der Waals surface area contributed by atoms with E-state index in [1.807, 2.05) is 46.0 Å². The molecule has 0 heterocycles. The van der Waals surface area contributed by atoms with Gasteiger partial charge in [-0.15, -0.1) is 0 Å². The molecule has 1 N–H and O–H groups in total. The Hall–Kier alpha value is -1.57. The Labute approximate surface area is 134 Å². The normalized spacial score (nSPS) is 15.2. The zero-order valence-electron chi connectivity index (χ0n) is 14.8. The van der Waals surface area contributed by atoms with E-state index in [1.54, 1.807) is 20.8 Å². The van der Waals surface area contributed by atoms with Crippen LogP contribution in [0.4, 0.5) is 4.79 Å². The minimum absolute atomic E-state index is 0.103. The molecule has 0 rings (SSSR count). The SMILES string of the molecule is CC(C)(C)OC(=O)N[C@@H](C#N)C(C#N)O[Si](C)(C)C(C)(C)C. The number of nitrogens with one attached hydrogen (secondary N) is 1. The van der Waals surface area contributed by atoms with Gasteiger partial charge in [0.2, 0.25) is 0 Å². The fraction of sp³-hybridized carbons (Fsp3) is 0.800. The zero-order chi connectivity index (χ0) is 17.8. The molecule has 0 bridgehead atoms. The molecular weight excluding hydrogens is 298 g/mol. The second kappa shape index (κ2) is 7.13. The molecule has 2 atom stereocenters. The van der Waals surface area contributed by atoms with Crippen LogP contribution in [0.1, 0.15) is 41.5 Å². The Morgan fingerprint density at radius 3 is 1.91 bits per heavy atom. The van der Waals surface area contributed by atoms with Crippen LogP contribution in [0.15, 0.2) is 0 Å². The highest BCUT2D eigenvalue weighted by molar-refractivity contribution is 6.74. The lowest BCUT2D eigenvalue weighted by atomic mass is 10.2. The summed E-state index contributed by atoms with van der Waals surface area (Å²) >= 11 is 0. The highest BCUT2D eigenvalue weighted by Crippen LogP contribution is 2.37. The Balaban J connectivity index is 5.03. The molecule has 124 valence electrons. The fourth-order valence-electron chi connectivity index (χ4n) is 1.27. The van der Waals surface area contributed by atoms with Crippen LogP contribution in [-0.2, 0) is 9.16 Å². The van der Waals surface area contributed by atoms with Gasteiger partial charge in [0.15, 0.2) is 20.5 Å². The number of hydrogen-bond donors (Lipinski definition) is 1. The first-order valence-electron chi connectivity index (χ1n) is 7.20. The van der Waals surface area contributed by atoms with Gasteiger partial charge in [-0.05, 0) is 38.9 Å². The first kappa shape index (κ1) is 20.4. The Morgan fingerprint density at radius 1 is 1.09 bits per heavy atom. The van der Waals surface area contributed by atoms with Crippen molar-refractivity contribution in [1.29, 1.82) is 10.5 Å². The summed E-state index contributed by atoms with van der Waals surface area (Å²) in [6.45, 7) is 15.3. The standard InChI is InChI=1S/C15H27N3O3Si/c1-14(2,3)20-13(19)18-11(9-16)12(10-17)21-22(7,8)15(4,5)6/h11-12H,1-8H3,(H,18,19)/t11-,12?/m0/s1. The third kappa shape index (κ3) is 6.46. The van der Waals surface area contributed by atoms with Crippen LogP contribution in [0.3, 0.4) is 0 Å². The van der Waals surface area contributed by atoms with Gasteiger partial charge >= 0.3 is 6.09 Å². The third-order valence-electron chi connectivity index (χ3n) is 3.47. The van der Waals surface area contributed by atoms with Crippen molar-refractivity contribution in [3.63, 3.8) is 0 Å². The average molecular weight is 325 g/mol. The van der Waals surface area contributed by atoms with Crippen LogP contribution in [0.25, 0.3) is 0 Å². The summed E-state index contributed by atoms with van der Waals surface area (Å²) in [6, 6.07) is 2.80. The van der Waals surface area contributed by atoms with Crippen LogP contribution in [0, 0.1) is 22.7 Å². The van der Waals surface area contributed by atoms with E-state index in [1.165, 1.54) is 0 Å². The molecule has 0 aliphatic carbocycles. The van der Waals surface area contributed by atoms with Crippen molar-refractivity contribution in [2.24, 2.45) is 0 Å². The smallest absolute Gasteiger partial charge is 0.408 e. The number of ether oxygens (including phenoxy) is 1. The molecule has 0 aromatic carbocycles. The molecular formula is C15H27N3O3Si. The van der Waals surface area contributed by atoms with E-state index in [-0.39, 0.29) is 5.04 Å². The molecule has 0 saturated heterocycles. The summed E-state index contributed by atoms with van der Waals surface area (Å²) in [7, 11) is -2.23. The van der Waals surface area contributed by atoms with Crippen LogP contribution in [-0.4, -0.2) is 32.2 Å². The van der Waals surface area contributed by atoms with Crippen molar-refractivity contribution in [1.82, 2.24) is 5.32 Å². The number of carbonyl (C=O) groups excluding carboxylic acids is 1. The summed E-state index contributed by atoms with van der Waals surface area (Å²) in [5.74, 6) is 0. The monoisotopic (exact) mass is 325 g/mol. The number of carbonyl (C=O) groups is 1. The highest BCUT2D eigenvalue weighted by Gasteiger charge is 2.41. The van der Waals surface area contributed by atoms with E-state index in [2.05, 4.69) is 5.32 Å². The maximum Gasteiger partial charge on any atom is 0.408 e. The van der Waals surface area contributed by atoms with Crippen molar-refractivity contribution in [3.05, 3.63) is 0 Å². The second-order valence-electron chi connectivity index (χ2n) is 7.68. The molecule has 0 aliphatic heterocycles. The molecule has 22 heavy (non-hydrogen) atoms. The molecule has 1 amide bonds. The Bertz CT molecular complexity index is 478. The predicted octanol–water partition coefficient (Wildman–Crippen LogP) is 3.32. The molecule has 0 aromatic rings. The maximum atomic E-state index is 11.8. The van der Waals surface area contributed by atoms with Crippen molar-refractivity contribution in [2.75, 3.05) is 0 Å². The number of nitrogens with zero attached hydrogens (tertiary/aromatic N) is 2. The number of hydrogen-bond acceptors (Lipinski definition) is 5. The van der Waals surface area contributed by atoms with Crippen LogP contribution in [0.5, 0.6) is 0 Å². The fourth-order valence-corrected chi connectivity index (χ4v) is 2.45. The highest BCUT2D eigenvalue weighted by atomic mass is 28.4. The molecule has 6 nitrogen and oxygen atoms in total. The first-order valence-corrected chi connectivity index (χ1v) is 10.1. The number of amides is 1. The van der Waals surface area contributed by atoms with Gasteiger partial charge in [0.05, 0.1) is 12.1 Å².